The molecule has 0 radical (unpaired) electrons. The minimum atomic E-state index is -3.41. The molecule has 1 N–H and O–H groups in total. The number of nitrogens with zero attached hydrogens (tertiary/aromatic N) is 1. The monoisotopic (exact) mass is 372 g/mol. The van der Waals surface area contributed by atoms with Crippen LogP contribution >= 0.6 is 0 Å². The van der Waals surface area contributed by atoms with E-state index < -0.39 is 21.5 Å². The summed E-state index contributed by atoms with van der Waals surface area (Å²) >= 11 is 0. The molecular formula is C20H24N2O3S. The Morgan fingerprint density at radius 1 is 0.923 bits per heavy atom. The van der Waals surface area contributed by atoms with Gasteiger partial charge in [0, 0.05) is 11.1 Å². The molecule has 5 nitrogen and oxygen atoms in total. The highest BCUT2D eigenvalue weighted by Crippen LogP contribution is 2.10. The molecule has 0 aromatic heterocycles. The first-order valence-electron chi connectivity index (χ1n) is 8.69. The summed E-state index contributed by atoms with van der Waals surface area (Å²) in [5.41, 5.74) is 4.66. The summed E-state index contributed by atoms with van der Waals surface area (Å²) in [7, 11) is -3.41. The maximum atomic E-state index is 12.1. The van der Waals surface area contributed by atoms with Crippen molar-refractivity contribution in [3.8, 4) is 0 Å². The third-order valence-corrected chi connectivity index (χ3v) is 5.41. The molecule has 0 unspecified atom stereocenters. The Morgan fingerprint density at radius 2 is 1.46 bits per heavy atom. The number of amides is 1. The lowest BCUT2D eigenvalue weighted by Gasteiger charge is -2.08. The molecular weight excluding hydrogens is 348 g/mol. The van der Waals surface area contributed by atoms with Crippen molar-refractivity contribution >= 4 is 21.5 Å². The summed E-state index contributed by atoms with van der Waals surface area (Å²) in [6.45, 7) is 2.00. The fraction of sp³-hybridized carbons (Fsp3) is 0.300. The summed E-state index contributed by atoms with van der Waals surface area (Å²) in [4.78, 5) is 12.1. The van der Waals surface area contributed by atoms with Gasteiger partial charge in [-0.3, -0.25) is 4.79 Å². The van der Waals surface area contributed by atoms with Crippen LogP contribution in [-0.2, 0) is 14.6 Å². The molecule has 0 spiro atoms. The van der Waals surface area contributed by atoms with Crippen molar-refractivity contribution in [1.82, 2.24) is 5.43 Å². The fourth-order valence-electron chi connectivity index (χ4n) is 2.48. The first kappa shape index (κ1) is 19.8. The number of carbonyl (C=O) groups excluding carboxylic acids is 1. The number of benzene rings is 2. The number of rotatable bonds is 9. The van der Waals surface area contributed by atoms with Crippen LogP contribution in [0.25, 0.3) is 0 Å². The van der Waals surface area contributed by atoms with Crippen molar-refractivity contribution < 1.29 is 13.2 Å². The van der Waals surface area contributed by atoms with Crippen molar-refractivity contribution in [2.75, 3.05) is 11.5 Å². The third kappa shape index (κ3) is 6.44. The molecule has 2 aromatic carbocycles. The van der Waals surface area contributed by atoms with Gasteiger partial charge in [0.05, 0.1) is 11.5 Å². The molecule has 0 saturated carbocycles. The Kier molecular flexibility index (Phi) is 7.53. The molecule has 138 valence electrons. The number of hydrogen-bond acceptors (Lipinski definition) is 4. The number of hydrazone groups is 1. The second kappa shape index (κ2) is 9.87. The molecule has 0 heterocycles. The van der Waals surface area contributed by atoms with Crippen LogP contribution in [0.15, 0.2) is 65.8 Å². The summed E-state index contributed by atoms with van der Waals surface area (Å²) in [6.07, 6.45) is 2.35. The second-order valence-electron chi connectivity index (χ2n) is 6.03. The second-order valence-corrected chi connectivity index (χ2v) is 8.21. The van der Waals surface area contributed by atoms with E-state index in [-0.39, 0.29) is 5.75 Å². The predicted molar refractivity (Wildman–Crippen MR) is 105 cm³/mol. The minimum Gasteiger partial charge on any atom is -0.272 e. The van der Waals surface area contributed by atoms with Crippen LogP contribution in [0.5, 0.6) is 0 Å². The molecule has 2 aromatic rings. The highest BCUT2D eigenvalue weighted by molar-refractivity contribution is 7.92. The van der Waals surface area contributed by atoms with Crippen molar-refractivity contribution in [1.29, 1.82) is 0 Å². The third-order valence-electron chi connectivity index (χ3n) is 3.80. The van der Waals surface area contributed by atoms with Crippen LogP contribution in [0, 0.1) is 0 Å². The smallest absolute Gasteiger partial charge is 0.255 e. The zero-order chi connectivity index (χ0) is 18.8. The van der Waals surface area contributed by atoms with Crippen molar-refractivity contribution in [3.05, 3.63) is 71.8 Å². The van der Waals surface area contributed by atoms with Gasteiger partial charge in [-0.1, -0.05) is 80.4 Å². The van der Waals surface area contributed by atoms with Gasteiger partial charge in [0.25, 0.3) is 5.91 Å². The highest BCUT2D eigenvalue weighted by Gasteiger charge is 2.16. The average molecular weight is 372 g/mol. The van der Waals surface area contributed by atoms with E-state index in [1.807, 2.05) is 67.6 Å². The lowest BCUT2D eigenvalue weighted by atomic mass is 10.0. The van der Waals surface area contributed by atoms with E-state index in [4.69, 9.17) is 0 Å². The van der Waals surface area contributed by atoms with E-state index in [9.17, 15) is 13.2 Å². The van der Waals surface area contributed by atoms with Crippen LogP contribution < -0.4 is 5.43 Å². The molecule has 0 aliphatic carbocycles. The van der Waals surface area contributed by atoms with Gasteiger partial charge in [0.15, 0.2) is 9.84 Å². The topological polar surface area (TPSA) is 75.6 Å². The molecule has 0 saturated heterocycles. The first-order chi connectivity index (χ1) is 12.5. The van der Waals surface area contributed by atoms with Gasteiger partial charge in [-0.15, -0.1) is 0 Å². The Bertz CT molecular complexity index is 790. The Balaban J connectivity index is 2.12. The van der Waals surface area contributed by atoms with Crippen LogP contribution in [0.4, 0.5) is 0 Å². The molecule has 0 bridgehead atoms. The van der Waals surface area contributed by atoms with Gasteiger partial charge >= 0.3 is 0 Å². The molecule has 0 fully saturated rings. The molecule has 0 aliphatic heterocycles. The van der Waals surface area contributed by atoms with Gasteiger partial charge in [-0.25, -0.2) is 13.8 Å². The van der Waals surface area contributed by atoms with E-state index >= 15 is 0 Å². The highest BCUT2D eigenvalue weighted by atomic mass is 32.2. The summed E-state index contributed by atoms with van der Waals surface area (Å²) in [5.74, 6) is -1.13. The lowest BCUT2D eigenvalue weighted by Crippen LogP contribution is -2.29. The molecule has 0 aliphatic rings. The van der Waals surface area contributed by atoms with E-state index in [1.54, 1.807) is 0 Å². The number of hydrogen-bond donors (Lipinski definition) is 1. The van der Waals surface area contributed by atoms with Gasteiger partial charge in [-0.05, 0) is 6.42 Å². The summed E-state index contributed by atoms with van der Waals surface area (Å²) < 4.78 is 24.0. The predicted octanol–water partition coefficient (Wildman–Crippen LogP) is 3.16. The quantitative estimate of drug-likeness (QED) is 0.417. The van der Waals surface area contributed by atoms with Crippen LogP contribution in [0.1, 0.15) is 37.3 Å². The number of sulfone groups is 1. The first-order valence-corrected chi connectivity index (χ1v) is 10.5. The van der Waals surface area contributed by atoms with Crippen molar-refractivity contribution in [3.63, 3.8) is 0 Å². The van der Waals surface area contributed by atoms with E-state index in [0.717, 1.165) is 24.0 Å². The molecule has 0 atom stereocenters. The maximum absolute atomic E-state index is 12.1. The standard InChI is InChI=1S/C20H24N2O3S/c1-2-3-10-15-26(24,25)16-19(23)21-22-20(17-11-6-4-7-12-17)18-13-8-5-9-14-18/h4-9,11-14H,2-3,10,15-16H2,1H3,(H,21,23). The van der Waals surface area contributed by atoms with Gasteiger partial charge in [-0.2, -0.15) is 5.10 Å². The number of nitrogens with one attached hydrogen (secondary N) is 1. The van der Waals surface area contributed by atoms with E-state index in [0.29, 0.717) is 12.1 Å². The molecule has 6 heteroatoms. The fourth-order valence-corrected chi connectivity index (χ4v) is 3.73. The zero-order valence-electron chi connectivity index (χ0n) is 14.9. The van der Waals surface area contributed by atoms with Crippen LogP contribution in [-0.4, -0.2) is 31.5 Å². The largest absolute Gasteiger partial charge is 0.272 e. The van der Waals surface area contributed by atoms with Crippen molar-refractivity contribution in [2.24, 2.45) is 5.10 Å². The normalized spacial score (nSPS) is 11.0. The van der Waals surface area contributed by atoms with Gasteiger partial charge in [0.2, 0.25) is 0 Å². The minimum absolute atomic E-state index is 0.0300. The number of carbonyl (C=O) groups is 1. The number of unbranched alkanes of at least 4 members (excludes halogenated alkanes) is 2. The summed E-state index contributed by atoms with van der Waals surface area (Å²) in [6, 6.07) is 18.9. The maximum Gasteiger partial charge on any atom is 0.255 e. The molecule has 26 heavy (non-hydrogen) atoms. The lowest BCUT2D eigenvalue weighted by molar-refractivity contribution is -0.118. The van der Waals surface area contributed by atoms with Gasteiger partial charge < -0.3 is 0 Å². The van der Waals surface area contributed by atoms with Crippen LogP contribution in [0.2, 0.25) is 0 Å². The summed E-state index contributed by atoms with van der Waals surface area (Å²) in [5, 5.41) is 4.20. The molecule has 2 rings (SSSR count). The Hall–Kier alpha value is -2.47. The molecule has 1 amide bonds. The van der Waals surface area contributed by atoms with E-state index in [2.05, 4.69) is 10.5 Å². The Morgan fingerprint density at radius 3 is 1.96 bits per heavy atom. The van der Waals surface area contributed by atoms with Crippen molar-refractivity contribution in [2.45, 2.75) is 26.2 Å². The SMILES string of the molecule is CCCCCS(=O)(=O)CC(=O)NN=C(c1ccccc1)c1ccccc1. The Labute approximate surface area is 155 Å². The zero-order valence-corrected chi connectivity index (χ0v) is 15.7. The average Bonchev–Trinajstić information content (AvgIpc) is 2.63. The van der Waals surface area contributed by atoms with Gasteiger partial charge in [0.1, 0.15) is 5.75 Å². The van der Waals surface area contributed by atoms with E-state index in [1.165, 1.54) is 0 Å². The van der Waals surface area contributed by atoms with Crippen LogP contribution in [0.3, 0.4) is 0 Å².